The molecule has 3 rings (SSSR count). The van der Waals surface area contributed by atoms with Gasteiger partial charge in [-0.15, -0.1) is 0 Å². The molecule has 0 atom stereocenters. The lowest BCUT2D eigenvalue weighted by Crippen LogP contribution is -2.56. The van der Waals surface area contributed by atoms with Gasteiger partial charge >= 0.3 is 5.69 Å². The van der Waals surface area contributed by atoms with Gasteiger partial charge in [-0.3, -0.25) is 19.4 Å². The van der Waals surface area contributed by atoms with E-state index in [1.54, 1.807) is 11.8 Å². The van der Waals surface area contributed by atoms with Gasteiger partial charge in [0.1, 0.15) is 5.69 Å². The summed E-state index contributed by atoms with van der Waals surface area (Å²) in [5.74, 6) is -0.365. The lowest BCUT2D eigenvalue weighted by atomic mass is 9.86. The Kier molecular flexibility index (Phi) is 4.55. The number of aromatic nitrogens is 2. The number of amides is 2. The number of anilines is 1. The van der Waals surface area contributed by atoms with Crippen molar-refractivity contribution in [2.24, 2.45) is 11.8 Å². The molecule has 8 nitrogen and oxygen atoms in total. The van der Waals surface area contributed by atoms with E-state index in [1.807, 2.05) is 0 Å². The van der Waals surface area contributed by atoms with Gasteiger partial charge in [0.2, 0.25) is 11.8 Å². The molecule has 2 fully saturated rings. The molecule has 24 heavy (non-hydrogen) atoms. The molecule has 0 unspecified atom stereocenters. The molecule has 0 radical (unpaired) electrons. The second-order valence-corrected chi connectivity index (χ2v) is 6.67. The van der Waals surface area contributed by atoms with Crippen LogP contribution < -0.4 is 16.6 Å². The first kappa shape index (κ1) is 16.5. The Labute approximate surface area is 138 Å². The third kappa shape index (κ3) is 3.27. The topological polar surface area (TPSA) is 115 Å². The third-order valence-electron chi connectivity index (χ3n) is 4.90. The maximum atomic E-state index is 12.4. The smallest absolute Gasteiger partial charge is 0.326 e. The van der Waals surface area contributed by atoms with E-state index in [0.717, 1.165) is 25.7 Å². The van der Waals surface area contributed by atoms with Gasteiger partial charge in [0.05, 0.1) is 5.92 Å². The molecule has 0 aromatic carbocycles. The van der Waals surface area contributed by atoms with Crippen LogP contribution >= 0.6 is 0 Å². The van der Waals surface area contributed by atoms with Crippen LogP contribution in [0.15, 0.2) is 9.59 Å². The minimum absolute atomic E-state index is 0.0525. The Bertz CT molecular complexity index is 754. The second kappa shape index (κ2) is 6.62. The molecule has 0 bridgehead atoms. The Morgan fingerprint density at radius 1 is 1.04 bits per heavy atom. The number of carbonyl (C=O) groups is 2. The highest BCUT2D eigenvalue weighted by atomic mass is 16.2. The third-order valence-corrected chi connectivity index (χ3v) is 4.90. The number of H-pyrrole nitrogens is 2. The summed E-state index contributed by atoms with van der Waals surface area (Å²) in [4.78, 5) is 53.7. The van der Waals surface area contributed by atoms with Gasteiger partial charge < -0.3 is 15.2 Å². The average Bonchev–Trinajstić information content (AvgIpc) is 2.50. The fraction of sp³-hybridized carbons (Fsp3) is 0.625. The highest BCUT2D eigenvalue weighted by Gasteiger charge is 2.38. The van der Waals surface area contributed by atoms with Crippen LogP contribution in [0.5, 0.6) is 0 Å². The molecule has 1 aromatic rings. The van der Waals surface area contributed by atoms with Crippen molar-refractivity contribution in [1.29, 1.82) is 0 Å². The summed E-state index contributed by atoms with van der Waals surface area (Å²) in [5, 5.41) is 2.56. The van der Waals surface area contributed by atoms with Crippen molar-refractivity contribution in [1.82, 2.24) is 14.9 Å². The van der Waals surface area contributed by atoms with Crippen LogP contribution in [0, 0.1) is 18.8 Å². The molecule has 1 saturated heterocycles. The zero-order chi connectivity index (χ0) is 17.3. The summed E-state index contributed by atoms with van der Waals surface area (Å²) < 4.78 is 0. The number of nitrogens with one attached hydrogen (secondary N) is 3. The summed E-state index contributed by atoms with van der Waals surface area (Å²) >= 11 is 0. The molecule has 8 heteroatoms. The summed E-state index contributed by atoms with van der Waals surface area (Å²) in [7, 11) is 0. The lowest BCUT2D eigenvalue weighted by molar-refractivity contribution is -0.145. The van der Waals surface area contributed by atoms with Crippen molar-refractivity contribution in [3.63, 3.8) is 0 Å². The maximum absolute atomic E-state index is 12.4. The van der Waals surface area contributed by atoms with Crippen molar-refractivity contribution in [3.05, 3.63) is 26.5 Å². The van der Waals surface area contributed by atoms with E-state index < -0.39 is 11.2 Å². The highest BCUT2D eigenvalue weighted by Crippen LogP contribution is 2.28. The first-order valence-corrected chi connectivity index (χ1v) is 8.38. The fourth-order valence-corrected chi connectivity index (χ4v) is 3.41. The zero-order valence-electron chi connectivity index (χ0n) is 13.7. The van der Waals surface area contributed by atoms with Gasteiger partial charge in [0.25, 0.3) is 5.56 Å². The number of aromatic amines is 2. The van der Waals surface area contributed by atoms with Gasteiger partial charge in [-0.25, -0.2) is 4.79 Å². The van der Waals surface area contributed by atoms with E-state index in [-0.39, 0.29) is 29.3 Å². The van der Waals surface area contributed by atoms with E-state index in [0.29, 0.717) is 18.8 Å². The maximum Gasteiger partial charge on any atom is 0.326 e. The van der Waals surface area contributed by atoms with Crippen LogP contribution in [-0.4, -0.2) is 39.8 Å². The zero-order valence-corrected chi connectivity index (χ0v) is 13.7. The van der Waals surface area contributed by atoms with Crippen molar-refractivity contribution in [3.8, 4) is 0 Å². The first-order chi connectivity index (χ1) is 11.5. The number of aryl methyl sites for hydroxylation is 1. The molecule has 1 aliphatic heterocycles. The van der Waals surface area contributed by atoms with Gasteiger partial charge in [-0.1, -0.05) is 19.3 Å². The number of hydrogen-bond donors (Lipinski definition) is 3. The molecule has 130 valence electrons. The van der Waals surface area contributed by atoms with Crippen molar-refractivity contribution < 1.29 is 9.59 Å². The monoisotopic (exact) mass is 334 g/mol. The highest BCUT2D eigenvalue weighted by molar-refractivity contribution is 5.95. The van der Waals surface area contributed by atoms with Crippen molar-refractivity contribution in [2.45, 2.75) is 39.0 Å². The predicted octanol–water partition coefficient (Wildman–Crippen LogP) is 0.349. The van der Waals surface area contributed by atoms with E-state index in [2.05, 4.69) is 15.3 Å². The summed E-state index contributed by atoms with van der Waals surface area (Å²) in [6.45, 7) is 2.33. The summed E-state index contributed by atoms with van der Waals surface area (Å²) in [5.41, 5.74) is -0.870. The van der Waals surface area contributed by atoms with Crippen LogP contribution in [0.2, 0.25) is 0 Å². The SMILES string of the molecule is Cc1[nH]c(=O)[nH]c(=O)c1NC(=O)C1CN(C(=O)C2CCCCC2)C1. The molecular weight excluding hydrogens is 312 g/mol. The second-order valence-electron chi connectivity index (χ2n) is 6.67. The molecule has 2 amide bonds. The van der Waals surface area contributed by atoms with Crippen LogP contribution in [0.3, 0.4) is 0 Å². The van der Waals surface area contributed by atoms with E-state index in [1.165, 1.54) is 6.42 Å². The molecule has 3 N–H and O–H groups in total. The normalized spacial score (nSPS) is 19.0. The minimum Gasteiger partial charge on any atom is -0.341 e. The van der Waals surface area contributed by atoms with Crippen LogP contribution in [0.4, 0.5) is 5.69 Å². The van der Waals surface area contributed by atoms with E-state index in [9.17, 15) is 19.2 Å². The Morgan fingerprint density at radius 2 is 1.71 bits per heavy atom. The van der Waals surface area contributed by atoms with Gasteiger partial charge in [0, 0.05) is 24.7 Å². The molecule has 0 spiro atoms. The molecule has 1 aromatic heterocycles. The summed E-state index contributed by atoms with van der Waals surface area (Å²) in [6, 6.07) is 0. The molecule has 1 saturated carbocycles. The number of carbonyl (C=O) groups excluding carboxylic acids is 2. The Hall–Kier alpha value is -2.38. The number of hydrogen-bond acceptors (Lipinski definition) is 4. The first-order valence-electron chi connectivity index (χ1n) is 8.38. The minimum atomic E-state index is -0.626. The molecule has 1 aliphatic carbocycles. The van der Waals surface area contributed by atoms with E-state index in [4.69, 9.17) is 0 Å². The van der Waals surface area contributed by atoms with Crippen LogP contribution in [0.1, 0.15) is 37.8 Å². The van der Waals surface area contributed by atoms with Crippen LogP contribution in [-0.2, 0) is 9.59 Å². The fourth-order valence-electron chi connectivity index (χ4n) is 3.41. The van der Waals surface area contributed by atoms with Gasteiger partial charge in [0.15, 0.2) is 0 Å². The number of rotatable bonds is 3. The van der Waals surface area contributed by atoms with Gasteiger partial charge in [-0.05, 0) is 19.8 Å². The lowest BCUT2D eigenvalue weighted by Gasteiger charge is -2.40. The van der Waals surface area contributed by atoms with Crippen molar-refractivity contribution in [2.75, 3.05) is 18.4 Å². The summed E-state index contributed by atoms with van der Waals surface area (Å²) in [6.07, 6.45) is 5.28. The molecular formula is C16H22N4O4. The van der Waals surface area contributed by atoms with Crippen LogP contribution in [0.25, 0.3) is 0 Å². The predicted molar refractivity (Wildman–Crippen MR) is 87.7 cm³/mol. The Morgan fingerprint density at radius 3 is 2.33 bits per heavy atom. The molecule has 2 heterocycles. The Balaban J connectivity index is 1.56. The number of likely N-dealkylation sites (tertiary alicyclic amines) is 1. The average molecular weight is 334 g/mol. The number of nitrogens with zero attached hydrogens (tertiary/aromatic N) is 1. The quantitative estimate of drug-likeness (QED) is 0.739. The molecule has 2 aliphatic rings. The van der Waals surface area contributed by atoms with E-state index >= 15 is 0 Å². The largest absolute Gasteiger partial charge is 0.341 e. The van der Waals surface area contributed by atoms with Crippen molar-refractivity contribution >= 4 is 17.5 Å². The standard InChI is InChI=1S/C16H22N4O4/c1-9-12(14(22)19-16(24)17-9)18-13(21)11-7-20(8-11)15(23)10-5-3-2-4-6-10/h10-11H,2-8H2,1H3,(H,18,21)(H2,17,19,22,24). The van der Waals surface area contributed by atoms with Gasteiger partial charge in [-0.2, -0.15) is 0 Å².